The molecule has 0 spiro atoms. The van der Waals surface area contributed by atoms with Crippen LogP contribution >= 0.6 is 0 Å². The van der Waals surface area contributed by atoms with Crippen molar-refractivity contribution < 1.29 is 34.0 Å². The molecular formula is C16H14O7. The fourth-order valence-electron chi connectivity index (χ4n) is 1.93. The molecule has 0 heterocycles. The van der Waals surface area contributed by atoms with Gasteiger partial charge in [0, 0.05) is 11.1 Å². The van der Waals surface area contributed by atoms with Crippen molar-refractivity contribution >= 4 is 12.6 Å². The topological polar surface area (TPSA) is 102 Å². The molecule has 0 unspecified atom stereocenters. The molecule has 0 saturated carbocycles. The lowest BCUT2D eigenvalue weighted by molar-refractivity contribution is 0.111. The van der Waals surface area contributed by atoms with Crippen molar-refractivity contribution in [1.82, 2.24) is 0 Å². The Morgan fingerprint density at radius 3 is 1.39 bits per heavy atom. The van der Waals surface area contributed by atoms with Crippen LogP contribution in [0.4, 0.5) is 0 Å². The van der Waals surface area contributed by atoms with Gasteiger partial charge in [0.1, 0.15) is 12.6 Å². The molecule has 2 aromatic rings. The first-order valence-electron chi connectivity index (χ1n) is 6.44. The number of phenolic OH excluding ortho intramolecular Hbond substituents is 2. The average molecular weight is 318 g/mol. The molecule has 0 amide bonds. The molecule has 7 nitrogen and oxygen atoms in total. The quantitative estimate of drug-likeness (QED) is 0.789. The second-order valence-electron chi connectivity index (χ2n) is 4.48. The van der Waals surface area contributed by atoms with Gasteiger partial charge in [0.05, 0.1) is 14.2 Å². The molecule has 0 atom stereocenters. The molecule has 2 N–H and O–H groups in total. The van der Waals surface area contributed by atoms with E-state index in [0.717, 1.165) is 0 Å². The lowest BCUT2D eigenvalue weighted by atomic mass is 10.2. The molecule has 0 radical (unpaired) electrons. The Hall–Kier alpha value is -3.22. The minimum atomic E-state index is -0.354. The van der Waals surface area contributed by atoms with Gasteiger partial charge in [0.2, 0.25) is 11.5 Å². The average Bonchev–Trinajstić information content (AvgIpc) is 2.58. The second-order valence-corrected chi connectivity index (χ2v) is 4.48. The third-order valence-electron chi connectivity index (χ3n) is 3.06. The Kier molecular flexibility index (Phi) is 4.70. The van der Waals surface area contributed by atoms with Crippen LogP contribution in [-0.4, -0.2) is 37.0 Å². The Morgan fingerprint density at radius 1 is 0.739 bits per heavy atom. The number of ether oxygens (including phenoxy) is 3. The summed E-state index contributed by atoms with van der Waals surface area (Å²) in [5.41, 5.74) is 0.403. The maximum Gasteiger partial charge on any atom is 0.201 e. The SMILES string of the molecule is COc1cc(C=O)cc(Oc2cc(C=O)cc(OC)c2O)c1O. The lowest BCUT2D eigenvalue weighted by Gasteiger charge is -2.14. The first kappa shape index (κ1) is 16.2. The summed E-state index contributed by atoms with van der Waals surface area (Å²) in [6.45, 7) is 0. The van der Waals surface area contributed by atoms with E-state index in [9.17, 15) is 19.8 Å². The highest BCUT2D eigenvalue weighted by Gasteiger charge is 2.17. The third kappa shape index (κ3) is 3.18. The summed E-state index contributed by atoms with van der Waals surface area (Å²) >= 11 is 0. The highest BCUT2D eigenvalue weighted by molar-refractivity contribution is 5.80. The molecule has 0 aromatic heterocycles. The molecule has 7 heteroatoms. The molecule has 0 bridgehead atoms. The first-order valence-corrected chi connectivity index (χ1v) is 6.44. The van der Waals surface area contributed by atoms with Gasteiger partial charge in [-0.2, -0.15) is 0 Å². The minimum absolute atomic E-state index is 0.0302. The van der Waals surface area contributed by atoms with E-state index in [2.05, 4.69) is 0 Å². The van der Waals surface area contributed by atoms with E-state index >= 15 is 0 Å². The molecule has 0 aliphatic rings. The Morgan fingerprint density at radius 2 is 1.09 bits per heavy atom. The van der Waals surface area contributed by atoms with Crippen LogP contribution in [0.3, 0.4) is 0 Å². The normalized spacial score (nSPS) is 10.0. The molecule has 23 heavy (non-hydrogen) atoms. The smallest absolute Gasteiger partial charge is 0.201 e. The molecule has 2 rings (SSSR count). The minimum Gasteiger partial charge on any atom is -0.502 e. The molecule has 120 valence electrons. The maximum absolute atomic E-state index is 10.9. The Bertz CT molecular complexity index is 689. The van der Waals surface area contributed by atoms with E-state index in [-0.39, 0.29) is 45.6 Å². The van der Waals surface area contributed by atoms with Crippen molar-refractivity contribution in [3.05, 3.63) is 35.4 Å². The second kappa shape index (κ2) is 6.69. The summed E-state index contributed by atoms with van der Waals surface area (Å²) in [6.07, 6.45) is 1.11. The van der Waals surface area contributed by atoms with Crippen LogP contribution in [0.2, 0.25) is 0 Å². The van der Waals surface area contributed by atoms with Gasteiger partial charge >= 0.3 is 0 Å². The van der Waals surface area contributed by atoms with Gasteiger partial charge in [-0.1, -0.05) is 0 Å². The van der Waals surface area contributed by atoms with Crippen LogP contribution in [0.15, 0.2) is 24.3 Å². The highest BCUT2D eigenvalue weighted by Crippen LogP contribution is 2.44. The van der Waals surface area contributed by atoms with Crippen LogP contribution in [0.25, 0.3) is 0 Å². The number of methoxy groups -OCH3 is 2. The van der Waals surface area contributed by atoms with Gasteiger partial charge in [-0.15, -0.1) is 0 Å². The first-order chi connectivity index (χ1) is 11.0. The molecule has 0 aliphatic heterocycles. The standard InChI is InChI=1S/C16H14O7/c1-21-11-3-9(7-17)5-13(15(11)19)23-14-6-10(8-18)4-12(22-2)16(14)20/h3-8,19-20H,1-2H3. The maximum atomic E-state index is 10.9. The molecule has 0 saturated heterocycles. The van der Waals surface area contributed by atoms with Crippen LogP contribution < -0.4 is 14.2 Å². The number of carbonyl (C=O) groups excluding carboxylic acids is 2. The summed E-state index contributed by atoms with van der Waals surface area (Å²) in [5, 5.41) is 20.1. The zero-order valence-corrected chi connectivity index (χ0v) is 12.4. The predicted molar refractivity (Wildman–Crippen MR) is 80.2 cm³/mol. The zero-order chi connectivity index (χ0) is 17.0. The van der Waals surface area contributed by atoms with Gasteiger partial charge < -0.3 is 24.4 Å². The van der Waals surface area contributed by atoms with Crippen molar-refractivity contribution in [2.24, 2.45) is 0 Å². The van der Waals surface area contributed by atoms with Crippen LogP contribution in [0.5, 0.6) is 34.5 Å². The van der Waals surface area contributed by atoms with E-state index in [4.69, 9.17) is 14.2 Å². The molecular weight excluding hydrogens is 304 g/mol. The number of benzene rings is 2. The fraction of sp³-hybridized carbons (Fsp3) is 0.125. The van der Waals surface area contributed by atoms with E-state index < -0.39 is 0 Å². The van der Waals surface area contributed by atoms with Gasteiger partial charge in [-0.05, 0) is 24.3 Å². The summed E-state index contributed by atoms with van der Waals surface area (Å²) in [7, 11) is 2.64. The Labute approximate surface area is 131 Å². The number of carbonyl (C=O) groups is 2. The third-order valence-corrected chi connectivity index (χ3v) is 3.06. The zero-order valence-electron chi connectivity index (χ0n) is 12.4. The summed E-state index contributed by atoms with van der Waals surface area (Å²) < 4.78 is 15.3. The van der Waals surface area contributed by atoms with Crippen LogP contribution in [0.1, 0.15) is 20.7 Å². The fourth-order valence-corrected chi connectivity index (χ4v) is 1.93. The molecule has 0 fully saturated rings. The number of hydrogen-bond acceptors (Lipinski definition) is 7. The summed E-state index contributed by atoms with van der Waals surface area (Å²) in [4.78, 5) is 21.9. The van der Waals surface area contributed by atoms with Crippen molar-refractivity contribution in [3.63, 3.8) is 0 Å². The van der Waals surface area contributed by atoms with Crippen LogP contribution in [0, 0.1) is 0 Å². The van der Waals surface area contributed by atoms with Crippen molar-refractivity contribution in [2.75, 3.05) is 14.2 Å². The predicted octanol–water partition coefficient (Wildman–Crippen LogP) is 2.53. The number of aldehydes is 2. The van der Waals surface area contributed by atoms with Gasteiger partial charge in [-0.25, -0.2) is 0 Å². The van der Waals surface area contributed by atoms with Gasteiger partial charge in [-0.3, -0.25) is 9.59 Å². The number of hydrogen-bond donors (Lipinski definition) is 2. The highest BCUT2D eigenvalue weighted by atomic mass is 16.5. The number of rotatable bonds is 6. The van der Waals surface area contributed by atoms with Crippen LogP contribution in [-0.2, 0) is 0 Å². The number of phenols is 2. The van der Waals surface area contributed by atoms with Gasteiger partial charge in [0.15, 0.2) is 23.0 Å². The van der Waals surface area contributed by atoms with Gasteiger partial charge in [0.25, 0.3) is 0 Å². The largest absolute Gasteiger partial charge is 0.502 e. The van der Waals surface area contributed by atoms with E-state index in [1.807, 2.05) is 0 Å². The van der Waals surface area contributed by atoms with Crippen molar-refractivity contribution in [2.45, 2.75) is 0 Å². The van der Waals surface area contributed by atoms with E-state index in [1.54, 1.807) is 0 Å². The number of aromatic hydroxyl groups is 2. The summed E-state index contributed by atoms with van der Waals surface area (Å²) in [6, 6.07) is 5.20. The monoisotopic (exact) mass is 318 g/mol. The van der Waals surface area contributed by atoms with E-state index in [0.29, 0.717) is 12.6 Å². The van der Waals surface area contributed by atoms with Crippen molar-refractivity contribution in [3.8, 4) is 34.5 Å². The van der Waals surface area contributed by atoms with Crippen molar-refractivity contribution in [1.29, 1.82) is 0 Å². The molecule has 0 aliphatic carbocycles. The molecule has 2 aromatic carbocycles. The lowest BCUT2D eigenvalue weighted by Crippen LogP contribution is -1.94. The summed E-state index contributed by atoms with van der Waals surface area (Å²) in [5.74, 6) is -0.884. The Balaban J connectivity index is 2.54. The van der Waals surface area contributed by atoms with E-state index in [1.165, 1.54) is 38.5 Å².